The molecule has 4 aliphatic rings. The monoisotopic (exact) mass is 815 g/mol. The highest BCUT2D eigenvalue weighted by atomic mass is 15.2. The van der Waals surface area contributed by atoms with E-state index in [9.17, 15) is 0 Å². The van der Waals surface area contributed by atoms with Gasteiger partial charge < -0.3 is 4.90 Å². The Morgan fingerprint density at radius 1 is 0.391 bits per heavy atom. The minimum Gasteiger partial charge on any atom is -0.331 e. The predicted octanol–water partition coefficient (Wildman–Crippen LogP) is 15.2. The fraction of sp³-hybridized carbons (Fsp3) is 0.0794. The average molecular weight is 816 g/mol. The molecule has 3 aliphatic carbocycles. The van der Waals surface area contributed by atoms with E-state index in [0.717, 1.165) is 0 Å². The molecule has 0 amide bonds. The molecule has 0 radical (unpaired) electrons. The van der Waals surface area contributed by atoms with Crippen molar-refractivity contribution < 1.29 is 0 Å². The quantitative estimate of drug-likeness (QED) is 0.167. The van der Waals surface area contributed by atoms with Gasteiger partial charge in [-0.2, -0.15) is 0 Å². The third-order valence-corrected chi connectivity index (χ3v) is 15.1. The van der Waals surface area contributed by atoms with Crippen LogP contribution in [-0.2, 0) is 10.8 Å². The van der Waals surface area contributed by atoms with E-state index >= 15 is 0 Å². The molecular formula is C63H45N. The number of benzene rings is 9. The maximum absolute atomic E-state index is 2.70. The number of rotatable bonds is 5. The fourth-order valence-electron chi connectivity index (χ4n) is 12.5. The van der Waals surface area contributed by atoms with Crippen LogP contribution in [0.15, 0.2) is 249 Å². The molecule has 0 saturated heterocycles. The number of hydrogen-bond donors (Lipinski definition) is 0. The summed E-state index contributed by atoms with van der Waals surface area (Å²) in [5.41, 5.74) is 20.3. The molecule has 0 N–H and O–H groups in total. The van der Waals surface area contributed by atoms with Gasteiger partial charge in [-0.15, -0.1) is 0 Å². The molecule has 0 bridgehead atoms. The third-order valence-electron chi connectivity index (χ3n) is 15.1. The van der Waals surface area contributed by atoms with Crippen molar-refractivity contribution in [3.63, 3.8) is 0 Å². The van der Waals surface area contributed by atoms with Crippen molar-refractivity contribution in [2.75, 3.05) is 4.90 Å². The topological polar surface area (TPSA) is 3.24 Å². The van der Waals surface area contributed by atoms with Crippen LogP contribution in [0.3, 0.4) is 0 Å². The van der Waals surface area contributed by atoms with Gasteiger partial charge in [0, 0.05) is 17.3 Å². The Morgan fingerprint density at radius 2 is 0.875 bits per heavy atom. The Kier molecular flexibility index (Phi) is 8.00. The van der Waals surface area contributed by atoms with Crippen LogP contribution in [0.4, 0.5) is 11.4 Å². The van der Waals surface area contributed by atoms with Gasteiger partial charge in [0.15, 0.2) is 0 Å². The summed E-state index contributed by atoms with van der Waals surface area (Å²) in [5.74, 6) is -0.0455. The van der Waals surface area contributed by atoms with E-state index in [0.29, 0.717) is 0 Å². The van der Waals surface area contributed by atoms with Gasteiger partial charge in [-0.3, -0.25) is 0 Å². The normalized spacial score (nSPS) is 18.9. The van der Waals surface area contributed by atoms with Gasteiger partial charge >= 0.3 is 0 Å². The standard InChI is InChI=1S/C63H45N/c1-61-39-38-46(44-22-8-3-9-23-44)41-60(61)62(47-24-10-4-11-25-47,48-26-12-5-13-27-48)58-40-45(43-20-6-2-7-21-43)34-37-59(58)64(61)49-35-36-53-52-30-16-19-33-56(52)63(57(53)42-49)54-31-17-14-28-50(54)51-29-15-18-32-55(51)63/h2-42,60H,1H3. The first-order valence-electron chi connectivity index (χ1n) is 22.6. The second-order valence-electron chi connectivity index (χ2n) is 18.1. The maximum Gasteiger partial charge on any atom is 0.0726 e. The summed E-state index contributed by atoms with van der Waals surface area (Å²) >= 11 is 0. The van der Waals surface area contributed by atoms with E-state index < -0.39 is 16.4 Å². The molecule has 0 saturated carbocycles. The second kappa shape index (κ2) is 13.9. The lowest BCUT2D eigenvalue weighted by atomic mass is 9.52. The Labute approximate surface area is 376 Å². The lowest BCUT2D eigenvalue weighted by Gasteiger charge is -2.60. The maximum atomic E-state index is 2.70. The molecule has 0 aromatic heterocycles. The van der Waals surface area contributed by atoms with Crippen molar-refractivity contribution in [3.05, 3.63) is 293 Å². The fourth-order valence-corrected chi connectivity index (χ4v) is 12.5. The van der Waals surface area contributed by atoms with Crippen molar-refractivity contribution in [1.29, 1.82) is 0 Å². The van der Waals surface area contributed by atoms with Crippen LogP contribution in [0.2, 0.25) is 0 Å². The van der Waals surface area contributed by atoms with Crippen molar-refractivity contribution in [2.45, 2.75) is 23.3 Å². The number of allylic oxidation sites excluding steroid dienone is 2. The van der Waals surface area contributed by atoms with E-state index in [1.165, 1.54) is 94.8 Å². The highest BCUT2D eigenvalue weighted by molar-refractivity contribution is 5.96. The Balaban J connectivity index is 1.14. The van der Waals surface area contributed by atoms with E-state index in [-0.39, 0.29) is 5.92 Å². The third kappa shape index (κ3) is 4.90. The van der Waals surface area contributed by atoms with Crippen molar-refractivity contribution in [1.82, 2.24) is 0 Å². The molecule has 1 nitrogen and oxygen atoms in total. The van der Waals surface area contributed by atoms with E-state index in [4.69, 9.17) is 0 Å². The molecule has 1 heteroatoms. The number of anilines is 2. The minimum absolute atomic E-state index is 0.0455. The van der Waals surface area contributed by atoms with Crippen LogP contribution in [0, 0.1) is 5.92 Å². The van der Waals surface area contributed by atoms with Crippen LogP contribution in [0.1, 0.15) is 51.4 Å². The summed E-state index contributed by atoms with van der Waals surface area (Å²) in [6.07, 6.45) is 7.51. The van der Waals surface area contributed by atoms with E-state index in [1.807, 2.05) is 0 Å². The zero-order valence-corrected chi connectivity index (χ0v) is 35.7. The van der Waals surface area contributed by atoms with Crippen molar-refractivity contribution in [2.24, 2.45) is 5.92 Å². The number of nitrogens with zero attached hydrogens (tertiary/aromatic N) is 1. The van der Waals surface area contributed by atoms with Gasteiger partial charge in [0.2, 0.25) is 0 Å². The molecule has 302 valence electrons. The van der Waals surface area contributed by atoms with E-state index in [1.54, 1.807) is 0 Å². The molecule has 64 heavy (non-hydrogen) atoms. The molecule has 0 fully saturated rings. The molecule has 1 heterocycles. The zero-order chi connectivity index (χ0) is 42.5. The molecule has 9 aromatic rings. The molecule has 9 aromatic carbocycles. The molecule has 2 unspecified atom stereocenters. The van der Waals surface area contributed by atoms with Crippen molar-refractivity contribution >= 4 is 16.9 Å². The Bertz CT molecular complexity index is 3240. The smallest absolute Gasteiger partial charge is 0.0726 e. The van der Waals surface area contributed by atoms with Crippen LogP contribution in [0.5, 0.6) is 0 Å². The Morgan fingerprint density at radius 3 is 1.44 bits per heavy atom. The lowest BCUT2D eigenvalue weighted by Crippen LogP contribution is -2.61. The van der Waals surface area contributed by atoms with Crippen LogP contribution in [-0.4, -0.2) is 5.54 Å². The van der Waals surface area contributed by atoms with Gasteiger partial charge in [-0.25, -0.2) is 0 Å². The minimum atomic E-state index is -0.573. The predicted molar refractivity (Wildman–Crippen MR) is 265 cm³/mol. The SMILES string of the molecule is CC12C=CC(c3ccccc3)=CC1C(c1ccccc1)(c1ccccc1)c1cc(-c3ccccc3)ccc1N2c1ccc2c(c1)C1(c3ccccc3-c3ccccc31)c1ccccc1-2. The molecule has 1 spiro atoms. The summed E-state index contributed by atoms with van der Waals surface area (Å²) in [6.45, 7) is 2.49. The first-order valence-corrected chi connectivity index (χ1v) is 22.6. The van der Waals surface area contributed by atoms with Gasteiger partial charge in [0.05, 0.1) is 16.4 Å². The lowest BCUT2D eigenvalue weighted by molar-refractivity contribution is 0.300. The highest BCUT2D eigenvalue weighted by Crippen LogP contribution is 2.66. The molecular weight excluding hydrogens is 771 g/mol. The number of hydrogen-bond acceptors (Lipinski definition) is 1. The summed E-state index contributed by atoms with van der Waals surface area (Å²) in [6, 6.07) is 86.5. The summed E-state index contributed by atoms with van der Waals surface area (Å²) in [4.78, 5) is 2.70. The summed E-state index contributed by atoms with van der Waals surface area (Å²) in [5, 5.41) is 0. The first-order chi connectivity index (χ1) is 31.6. The summed E-state index contributed by atoms with van der Waals surface area (Å²) < 4.78 is 0. The molecule has 1 aliphatic heterocycles. The average Bonchev–Trinajstić information content (AvgIpc) is 3.83. The second-order valence-corrected chi connectivity index (χ2v) is 18.1. The van der Waals surface area contributed by atoms with Gasteiger partial charge in [0.1, 0.15) is 0 Å². The Hall–Kier alpha value is -7.74. The van der Waals surface area contributed by atoms with Crippen LogP contribution in [0.25, 0.3) is 39.0 Å². The van der Waals surface area contributed by atoms with Gasteiger partial charge in [-0.05, 0) is 115 Å². The summed E-state index contributed by atoms with van der Waals surface area (Å²) in [7, 11) is 0. The molecule has 2 atom stereocenters. The first kappa shape index (κ1) is 36.9. The van der Waals surface area contributed by atoms with Crippen molar-refractivity contribution in [3.8, 4) is 33.4 Å². The van der Waals surface area contributed by atoms with Crippen LogP contribution >= 0.6 is 0 Å². The van der Waals surface area contributed by atoms with Gasteiger partial charge in [0.25, 0.3) is 0 Å². The van der Waals surface area contributed by atoms with Gasteiger partial charge in [-0.1, -0.05) is 224 Å². The highest BCUT2D eigenvalue weighted by Gasteiger charge is 2.59. The largest absolute Gasteiger partial charge is 0.331 e. The number of fused-ring (bicyclic) bond motifs is 12. The zero-order valence-electron chi connectivity index (χ0n) is 35.7. The van der Waals surface area contributed by atoms with E-state index in [2.05, 4.69) is 261 Å². The van der Waals surface area contributed by atoms with Crippen LogP contribution < -0.4 is 4.90 Å². The molecule has 13 rings (SSSR count).